The van der Waals surface area contributed by atoms with Gasteiger partial charge >= 0.3 is 6.18 Å². The maximum atomic E-state index is 12.8. The van der Waals surface area contributed by atoms with E-state index in [-0.39, 0.29) is 11.8 Å². The molecule has 0 amide bonds. The first kappa shape index (κ1) is 20.3. The van der Waals surface area contributed by atoms with Gasteiger partial charge in [-0.1, -0.05) is 24.3 Å². The van der Waals surface area contributed by atoms with Crippen molar-refractivity contribution in [3.63, 3.8) is 0 Å². The highest BCUT2D eigenvalue weighted by atomic mass is 35.5. The van der Waals surface area contributed by atoms with Gasteiger partial charge < -0.3 is 14.9 Å². The zero-order valence-electron chi connectivity index (χ0n) is 16.4. The van der Waals surface area contributed by atoms with E-state index in [1.165, 1.54) is 12.1 Å². The van der Waals surface area contributed by atoms with Crippen LogP contribution in [0, 0.1) is 0 Å². The molecule has 11 heteroatoms. The number of H-pyrrole nitrogens is 1. The predicted molar refractivity (Wildman–Crippen MR) is 114 cm³/mol. The smallest absolute Gasteiger partial charge is 0.361 e. The Bertz CT molecular complexity index is 1370. The third kappa shape index (κ3) is 3.96. The summed E-state index contributed by atoms with van der Waals surface area (Å²) in [5, 5.41) is 3.20. The number of hydrogen-bond donors (Lipinski definition) is 2. The molecule has 7 nitrogen and oxygen atoms in total. The number of benzene rings is 2. The Morgan fingerprint density at radius 1 is 1.00 bits per heavy atom. The van der Waals surface area contributed by atoms with Crippen molar-refractivity contribution in [1.29, 1.82) is 0 Å². The number of fused-ring (bicyclic) bond motifs is 2. The van der Waals surface area contributed by atoms with Gasteiger partial charge in [-0.2, -0.15) is 23.1 Å². The van der Waals surface area contributed by atoms with Gasteiger partial charge in [0.15, 0.2) is 17.0 Å². The number of imidazole rings is 2. The zero-order valence-corrected chi connectivity index (χ0v) is 17.1. The first-order valence-corrected chi connectivity index (χ1v) is 9.96. The molecule has 2 N–H and O–H groups in total. The van der Waals surface area contributed by atoms with E-state index in [0.29, 0.717) is 29.1 Å². The average Bonchev–Trinajstić information content (AvgIpc) is 3.35. The minimum atomic E-state index is -4.37. The monoisotopic (exact) mass is 457 g/mol. The Balaban J connectivity index is 1.39. The molecule has 0 aliphatic rings. The van der Waals surface area contributed by atoms with Crippen LogP contribution < -0.4 is 5.32 Å². The Kier molecular flexibility index (Phi) is 4.93. The number of aromatic amines is 1. The first-order valence-electron chi connectivity index (χ1n) is 9.59. The summed E-state index contributed by atoms with van der Waals surface area (Å²) < 4.78 is 40.1. The topological polar surface area (TPSA) is 84.3 Å². The molecule has 5 rings (SSSR count). The Labute approximate surface area is 184 Å². The fourth-order valence-electron chi connectivity index (χ4n) is 3.41. The maximum absolute atomic E-state index is 12.8. The number of halogens is 4. The van der Waals surface area contributed by atoms with Crippen LogP contribution in [-0.4, -0.2) is 29.5 Å². The van der Waals surface area contributed by atoms with Crippen LogP contribution in [0.1, 0.15) is 17.0 Å². The third-order valence-corrected chi connectivity index (χ3v) is 5.10. The summed E-state index contributed by atoms with van der Waals surface area (Å²) >= 11 is 6.12. The standard InChI is InChI=1S/C21H15ClF3N7/c22-20-30-18(26-9-16-28-14-3-1-2-4-15(14)29-16)17-19(31-20)32(11-27-17)10-12-5-7-13(8-6-12)21(23,24)25/h1-8,11H,9-10H2,(H,28,29)(H,26,30,31). The first-order chi connectivity index (χ1) is 15.4. The van der Waals surface area contributed by atoms with Crippen LogP contribution in [0.5, 0.6) is 0 Å². The van der Waals surface area contributed by atoms with E-state index in [1.54, 1.807) is 10.9 Å². The molecule has 0 aliphatic carbocycles. The van der Waals surface area contributed by atoms with Crippen molar-refractivity contribution >= 4 is 39.6 Å². The Morgan fingerprint density at radius 3 is 2.53 bits per heavy atom. The number of nitrogens with zero attached hydrogens (tertiary/aromatic N) is 5. The van der Waals surface area contributed by atoms with Gasteiger partial charge in [-0.15, -0.1) is 0 Å². The number of alkyl halides is 3. The van der Waals surface area contributed by atoms with Crippen LogP contribution >= 0.6 is 11.6 Å². The summed E-state index contributed by atoms with van der Waals surface area (Å²) in [6.07, 6.45) is -2.82. The normalized spacial score (nSPS) is 12.0. The lowest BCUT2D eigenvalue weighted by Crippen LogP contribution is -2.06. The number of para-hydroxylation sites is 2. The highest BCUT2D eigenvalue weighted by molar-refractivity contribution is 6.28. The van der Waals surface area contributed by atoms with E-state index in [1.807, 2.05) is 24.3 Å². The molecule has 0 atom stereocenters. The zero-order chi connectivity index (χ0) is 22.3. The fraction of sp³-hybridized carbons (Fsp3) is 0.143. The molecule has 0 radical (unpaired) electrons. The summed E-state index contributed by atoms with van der Waals surface area (Å²) in [6, 6.07) is 12.7. The van der Waals surface area contributed by atoms with Gasteiger partial charge in [-0.05, 0) is 41.4 Å². The summed E-state index contributed by atoms with van der Waals surface area (Å²) in [5.41, 5.74) is 2.73. The van der Waals surface area contributed by atoms with Crippen LogP contribution in [0.15, 0.2) is 54.9 Å². The number of rotatable bonds is 5. The highest BCUT2D eigenvalue weighted by Crippen LogP contribution is 2.29. The van der Waals surface area contributed by atoms with Crippen molar-refractivity contribution < 1.29 is 13.2 Å². The van der Waals surface area contributed by atoms with Crippen molar-refractivity contribution in [2.45, 2.75) is 19.3 Å². The lowest BCUT2D eigenvalue weighted by atomic mass is 10.1. The van der Waals surface area contributed by atoms with Crippen molar-refractivity contribution in [3.05, 3.63) is 77.1 Å². The van der Waals surface area contributed by atoms with E-state index in [4.69, 9.17) is 11.6 Å². The van der Waals surface area contributed by atoms with E-state index >= 15 is 0 Å². The highest BCUT2D eigenvalue weighted by Gasteiger charge is 2.29. The van der Waals surface area contributed by atoms with E-state index < -0.39 is 11.7 Å². The number of hydrogen-bond acceptors (Lipinski definition) is 5. The van der Waals surface area contributed by atoms with E-state index in [0.717, 1.165) is 29.0 Å². The van der Waals surface area contributed by atoms with Crippen LogP contribution in [0.3, 0.4) is 0 Å². The SMILES string of the molecule is FC(F)(F)c1ccc(Cn2cnc3c(NCc4nc5ccccc5[nH]4)nc(Cl)nc32)cc1. The number of aromatic nitrogens is 6. The summed E-state index contributed by atoms with van der Waals surface area (Å²) in [7, 11) is 0. The van der Waals surface area contributed by atoms with Crippen molar-refractivity contribution in [3.8, 4) is 0 Å². The van der Waals surface area contributed by atoms with Crippen molar-refractivity contribution in [2.24, 2.45) is 0 Å². The molecule has 0 unspecified atom stereocenters. The number of anilines is 1. The minimum Gasteiger partial charge on any atom is -0.361 e. The molecule has 0 aliphatic heterocycles. The molecule has 0 spiro atoms. The van der Waals surface area contributed by atoms with Gasteiger partial charge in [0.1, 0.15) is 5.82 Å². The molecule has 0 saturated carbocycles. The summed E-state index contributed by atoms with van der Waals surface area (Å²) in [4.78, 5) is 20.6. The van der Waals surface area contributed by atoms with Crippen LogP contribution in [0.2, 0.25) is 5.28 Å². The Hall–Kier alpha value is -3.66. The largest absolute Gasteiger partial charge is 0.416 e. The van der Waals surface area contributed by atoms with E-state index in [2.05, 4.69) is 30.2 Å². The van der Waals surface area contributed by atoms with E-state index in [9.17, 15) is 13.2 Å². The van der Waals surface area contributed by atoms with Gasteiger partial charge in [0.05, 0.1) is 36.0 Å². The molecular formula is C21H15ClF3N7. The van der Waals surface area contributed by atoms with Gasteiger partial charge in [0.25, 0.3) is 0 Å². The molecule has 5 aromatic rings. The van der Waals surface area contributed by atoms with Crippen LogP contribution in [0.4, 0.5) is 19.0 Å². The molecule has 0 fully saturated rings. The second kappa shape index (κ2) is 7.79. The summed E-state index contributed by atoms with van der Waals surface area (Å²) in [6.45, 7) is 0.647. The van der Waals surface area contributed by atoms with Gasteiger partial charge in [-0.3, -0.25) is 0 Å². The van der Waals surface area contributed by atoms with Crippen molar-refractivity contribution in [1.82, 2.24) is 29.5 Å². The maximum Gasteiger partial charge on any atom is 0.416 e. The van der Waals surface area contributed by atoms with Crippen LogP contribution in [-0.2, 0) is 19.3 Å². The third-order valence-electron chi connectivity index (χ3n) is 4.93. The van der Waals surface area contributed by atoms with Gasteiger partial charge in [0.2, 0.25) is 5.28 Å². The quantitative estimate of drug-likeness (QED) is 0.361. The molecule has 0 saturated heterocycles. The Morgan fingerprint density at radius 2 is 1.78 bits per heavy atom. The minimum absolute atomic E-state index is 0.0266. The molecule has 3 aromatic heterocycles. The fourth-order valence-corrected chi connectivity index (χ4v) is 3.57. The molecule has 3 heterocycles. The lowest BCUT2D eigenvalue weighted by molar-refractivity contribution is -0.137. The second-order valence-corrected chi connectivity index (χ2v) is 7.47. The lowest BCUT2D eigenvalue weighted by Gasteiger charge is -2.09. The predicted octanol–water partition coefficient (Wildman–Crippen LogP) is 5.04. The van der Waals surface area contributed by atoms with Crippen LogP contribution in [0.25, 0.3) is 22.2 Å². The second-order valence-electron chi connectivity index (χ2n) is 7.13. The molecule has 2 aromatic carbocycles. The molecule has 162 valence electrons. The van der Waals surface area contributed by atoms with Gasteiger partial charge in [-0.25, -0.2) is 9.97 Å². The summed E-state index contributed by atoms with van der Waals surface area (Å²) in [5.74, 6) is 1.16. The van der Waals surface area contributed by atoms with Crippen molar-refractivity contribution in [2.75, 3.05) is 5.32 Å². The van der Waals surface area contributed by atoms with Gasteiger partial charge in [0, 0.05) is 0 Å². The number of nitrogens with one attached hydrogen (secondary N) is 2. The molecule has 0 bridgehead atoms. The molecular weight excluding hydrogens is 443 g/mol. The average molecular weight is 458 g/mol. The molecule has 32 heavy (non-hydrogen) atoms.